The SMILES string of the molecule is CCCCCC/C=C\C/C=C\CCCCCCCCCC(=O)OCCCCCCCCCCCCCCCC(=O)NC(CO)C(O)/C=C/CCCCCCCCCCCCCC. The van der Waals surface area contributed by atoms with E-state index in [0.717, 1.165) is 64.2 Å². The molecule has 2 atom stereocenters. The zero-order valence-corrected chi connectivity index (χ0v) is 41.4. The lowest BCUT2D eigenvalue weighted by atomic mass is 10.0. The van der Waals surface area contributed by atoms with Gasteiger partial charge in [0.1, 0.15) is 0 Å². The van der Waals surface area contributed by atoms with Crippen molar-refractivity contribution in [2.75, 3.05) is 13.2 Å². The highest BCUT2D eigenvalue weighted by Crippen LogP contribution is 2.16. The number of hydrogen-bond donors (Lipinski definition) is 3. The molecule has 0 rings (SSSR count). The van der Waals surface area contributed by atoms with Gasteiger partial charge in [-0.2, -0.15) is 0 Å². The van der Waals surface area contributed by atoms with Crippen molar-refractivity contribution < 1.29 is 24.5 Å². The first-order chi connectivity index (χ1) is 30.5. The molecular weight excluding hydrogens is 767 g/mol. The van der Waals surface area contributed by atoms with E-state index in [1.54, 1.807) is 6.08 Å². The van der Waals surface area contributed by atoms with Crippen molar-refractivity contribution in [3.8, 4) is 0 Å². The topological polar surface area (TPSA) is 95.9 Å². The van der Waals surface area contributed by atoms with Crippen molar-refractivity contribution in [3.63, 3.8) is 0 Å². The van der Waals surface area contributed by atoms with Crippen LogP contribution in [-0.2, 0) is 14.3 Å². The molecule has 0 heterocycles. The molecule has 0 aliphatic carbocycles. The minimum absolute atomic E-state index is 0.0145. The van der Waals surface area contributed by atoms with Gasteiger partial charge >= 0.3 is 5.97 Å². The van der Waals surface area contributed by atoms with Crippen LogP contribution in [0.1, 0.15) is 284 Å². The largest absolute Gasteiger partial charge is 0.466 e. The van der Waals surface area contributed by atoms with Gasteiger partial charge in [0.25, 0.3) is 0 Å². The molecule has 0 aromatic rings. The standard InChI is InChI=1S/C56H105NO5/c1-3-5-7-9-11-13-15-17-19-20-21-22-26-30-34-38-42-46-50-56(61)62-51-47-43-39-35-31-27-23-25-29-33-37-41-45-49-55(60)57-53(52-58)54(59)48-44-40-36-32-28-24-18-16-14-12-10-8-6-4-2/h13,15,19-20,44,48,53-54,58-59H,3-12,14,16-18,21-43,45-47,49-52H2,1-2H3,(H,57,60)/b15-13-,20-19-,48-44+. The van der Waals surface area contributed by atoms with Crippen molar-refractivity contribution in [1.82, 2.24) is 5.32 Å². The maximum absolute atomic E-state index is 12.4. The molecule has 2 unspecified atom stereocenters. The normalized spacial score (nSPS) is 12.9. The fourth-order valence-electron chi connectivity index (χ4n) is 8.19. The Hall–Kier alpha value is -1.92. The lowest BCUT2D eigenvalue weighted by Crippen LogP contribution is -2.45. The van der Waals surface area contributed by atoms with E-state index in [9.17, 15) is 19.8 Å². The molecule has 6 heteroatoms. The van der Waals surface area contributed by atoms with Crippen LogP contribution in [0.2, 0.25) is 0 Å². The molecule has 0 bridgehead atoms. The van der Waals surface area contributed by atoms with Gasteiger partial charge in [-0.05, 0) is 64.2 Å². The van der Waals surface area contributed by atoms with E-state index in [1.807, 2.05) is 6.08 Å². The fraction of sp³-hybridized carbons (Fsp3) is 0.857. The predicted octanol–water partition coefficient (Wildman–Crippen LogP) is 16.5. The van der Waals surface area contributed by atoms with Crippen LogP contribution in [-0.4, -0.2) is 47.4 Å². The van der Waals surface area contributed by atoms with E-state index < -0.39 is 12.1 Å². The maximum Gasteiger partial charge on any atom is 0.305 e. The van der Waals surface area contributed by atoms with Crippen molar-refractivity contribution in [1.29, 1.82) is 0 Å². The molecule has 0 spiro atoms. The molecule has 0 aromatic heterocycles. The van der Waals surface area contributed by atoms with Crippen molar-refractivity contribution in [2.24, 2.45) is 0 Å². The second kappa shape index (κ2) is 51.7. The quantitative estimate of drug-likeness (QED) is 0.0321. The number of carbonyl (C=O) groups is 2. The number of aliphatic hydroxyl groups excluding tert-OH is 2. The second-order valence-electron chi connectivity index (χ2n) is 18.6. The molecular formula is C56H105NO5. The third-order valence-corrected chi connectivity index (χ3v) is 12.4. The van der Waals surface area contributed by atoms with E-state index in [2.05, 4.69) is 43.5 Å². The summed E-state index contributed by atoms with van der Waals surface area (Å²) in [6.07, 6.45) is 62.9. The molecule has 0 aliphatic rings. The summed E-state index contributed by atoms with van der Waals surface area (Å²) in [6.45, 7) is 4.85. The van der Waals surface area contributed by atoms with Gasteiger partial charge in [-0.25, -0.2) is 0 Å². The highest BCUT2D eigenvalue weighted by Gasteiger charge is 2.18. The molecule has 0 aliphatic heterocycles. The summed E-state index contributed by atoms with van der Waals surface area (Å²) in [5, 5.41) is 23.1. The monoisotopic (exact) mass is 872 g/mol. The summed E-state index contributed by atoms with van der Waals surface area (Å²) in [6, 6.07) is -0.638. The van der Waals surface area contributed by atoms with Crippen LogP contribution < -0.4 is 5.32 Å². The Morgan fingerprint density at radius 1 is 0.452 bits per heavy atom. The van der Waals surface area contributed by atoms with Gasteiger partial charge in [0.05, 0.1) is 25.4 Å². The first-order valence-corrected chi connectivity index (χ1v) is 27.3. The summed E-state index contributed by atoms with van der Waals surface area (Å²) in [5.41, 5.74) is 0. The Morgan fingerprint density at radius 3 is 1.24 bits per heavy atom. The average molecular weight is 872 g/mol. The predicted molar refractivity (Wildman–Crippen MR) is 269 cm³/mol. The molecule has 364 valence electrons. The van der Waals surface area contributed by atoms with Gasteiger partial charge in [-0.15, -0.1) is 0 Å². The van der Waals surface area contributed by atoms with E-state index in [1.165, 1.54) is 193 Å². The van der Waals surface area contributed by atoms with Gasteiger partial charge in [0, 0.05) is 12.8 Å². The number of unbranched alkanes of at least 4 members (excludes halogenated alkanes) is 35. The molecule has 62 heavy (non-hydrogen) atoms. The van der Waals surface area contributed by atoms with Crippen LogP contribution in [0, 0.1) is 0 Å². The fourth-order valence-corrected chi connectivity index (χ4v) is 8.19. The Kier molecular flexibility index (Phi) is 50.1. The third kappa shape index (κ3) is 47.6. The zero-order chi connectivity index (χ0) is 45.1. The molecule has 6 nitrogen and oxygen atoms in total. The Morgan fingerprint density at radius 2 is 0.806 bits per heavy atom. The van der Waals surface area contributed by atoms with Crippen molar-refractivity contribution in [3.05, 3.63) is 36.5 Å². The number of allylic oxidation sites excluding steroid dienone is 5. The van der Waals surface area contributed by atoms with Crippen molar-refractivity contribution >= 4 is 11.9 Å². The van der Waals surface area contributed by atoms with E-state index in [0.29, 0.717) is 19.4 Å². The lowest BCUT2D eigenvalue weighted by Gasteiger charge is -2.20. The number of esters is 1. The first-order valence-electron chi connectivity index (χ1n) is 27.3. The summed E-state index contributed by atoms with van der Waals surface area (Å²) in [5.74, 6) is -0.0959. The summed E-state index contributed by atoms with van der Waals surface area (Å²) >= 11 is 0. The van der Waals surface area contributed by atoms with Crippen molar-refractivity contribution in [2.45, 2.75) is 296 Å². The number of nitrogens with one attached hydrogen (secondary N) is 1. The van der Waals surface area contributed by atoms with E-state index in [-0.39, 0.29) is 18.5 Å². The van der Waals surface area contributed by atoms with Gasteiger partial charge < -0.3 is 20.3 Å². The minimum Gasteiger partial charge on any atom is -0.466 e. The zero-order valence-electron chi connectivity index (χ0n) is 41.4. The van der Waals surface area contributed by atoms with Crippen LogP contribution in [0.15, 0.2) is 36.5 Å². The number of ether oxygens (including phenoxy) is 1. The van der Waals surface area contributed by atoms with E-state index >= 15 is 0 Å². The number of aliphatic hydroxyl groups is 2. The van der Waals surface area contributed by atoms with Crippen LogP contribution in [0.3, 0.4) is 0 Å². The van der Waals surface area contributed by atoms with Gasteiger partial charge in [-0.3, -0.25) is 9.59 Å². The van der Waals surface area contributed by atoms with Gasteiger partial charge in [0.2, 0.25) is 5.91 Å². The Bertz CT molecular complexity index is 1010. The molecule has 0 saturated heterocycles. The number of carbonyl (C=O) groups excluding carboxylic acids is 2. The molecule has 1 amide bonds. The van der Waals surface area contributed by atoms with Gasteiger partial charge in [-0.1, -0.05) is 243 Å². The maximum atomic E-state index is 12.4. The number of amides is 1. The first kappa shape index (κ1) is 60.1. The Balaban J connectivity index is 3.47. The lowest BCUT2D eigenvalue weighted by molar-refractivity contribution is -0.143. The van der Waals surface area contributed by atoms with Crippen LogP contribution >= 0.6 is 0 Å². The third-order valence-electron chi connectivity index (χ3n) is 12.4. The molecule has 0 aromatic carbocycles. The Labute approximate surface area is 385 Å². The molecule has 0 saturated carbocycles. The average Bonchev–Trinajstić information content (AvgIpc) is 3.27. The molecule has 0 radical (unpaired) electrons. The smallest absolute Gasteiger partial charge is 0.305 e. The summed E-state index contributed by atoms with van der Waals surface area (Å²) in [4.78, 5) is 24.5. The molecule has 3 N–H and O–H groups in total. The number of hydrogen-bond acceptors (Lipinski definition) is 5. The highest BCUT2D eigenvalue weighted by atomic mass is 16.5. The second-order valence-corrected chi connectivity index (χ2v) is 18.6. The van der Waals surface area contributed by atoms with E-state index in [4.69, 9.17) is 4.74 Å². The van der Waals surface area contributed by atoms with Crippen LogP contribution in [0.4, 0.5) is 0 Å². The van der Waals surface area contributed by atoms with Crippen LogP contribution in [0.5, 0.6) is 0 Å². The number of rotatable bonds is 50. The minimum atomic E-state index is -0.853. The van der Waals surface area contributed by atoms with Gasteiger partial charge in [0.15, 0.2) is 0 Å². The molecule has 0 fully saturated rings. The highest BCUT2D eigenvalue weighted by molar-refractivity contribution is 5.76. The summed E-state index contributed by atoms with van der Waals surface area (Å²) in [7, 11) is 0. The van der Waals surface area contributed by atoms with Crippen LogP contribution in [0.25, 0.3) is 0 Å². The summed E-state index contributed by atoms with van der Waals surface area (Å²) < 4.78 is 5.47.